The molecule has 156 valence electrons. The van der Waals surface area contributed by atoms with Gasteiger partial charge in [-0.1, -0.05) is 12.1 Å². The third kappa shape index (κ3) is 3.92. The van der Waals surface area contributed by atoms with Crippen LogP contribution in [0.4, 0.5) is 5.69 Å². The highest BCUT2D eigenvalue weighted by Crippen LogP contribution is 2.38. The van der Waals surface area contributed by atoms with E-state index in [9.17, 15) is 4.79 Å². The number of hydrogen-bond acceptors (Lipinski definition) is 4. The molecule has 4 rings (SSSR count). The SMILES string of the molecule is CCOc1ccccc1NC(=O)/C=C(\C)c1cc2c3c(oc2cc1OC)CCCC3. The van der Waals surface area contributed by atoms with Gasteiger partial charge in [0.1, 0.15) is 22.8 Å². The number of anilines is 1. The van der Waals surface area contributed by atoms with Gasteiger partial charge < -0.3 is 19.2 Å². The van der Waals surface area contributed by atoms with Crippen LogP contribution < -0.4 is 14.8 Å². The number of aryl methyl sites for hydroxylation is 2. The summed E-state index contributed by atoms with van der Waals surface area (Å²) < 4.78 is 17.3. The summed E-state index contributed by atoms with van der Waals surface area (Å²) in [6.07, 6.45) is 5.96. The highest BCUT2D eigenvalue weighted by Gasteiger charge is 2.20. The molecule has 0 fully saturated rings. The summed E-state index contributed by atoms with van der Waals surface area (Å²) in [5, 5.41) is 4.04. The van der Waals surface area contributed by atoms with Gasteiger partial charge in [0.25, 0.3) is 0 Å². The van der Waals surface area contributed by atoms with Crippen molar-refractivity contribution < 1.29 is 18.7 Å². The maximum Gasteiger partial charge on any atom is 0.248 e. The van der Waals surface area contributed by atoms with Gasteiger partial charge in [-0.15, -0.1) is 0 Å². The largest absolute Gasteiger partial charge is 0.496 e. The lowest BCUT2D eigenvalue weighted by Crippen LogP contribution is -2.10. The number of carbonyl (C=O) groups is 1. The van der Waals surface area contributed by atoms with Crippen molar-refractivity contribution in [3.63, 3.8) is 0 Å². The molecule has 0 spiro atoms. The molecule has 5 heteroatoms. The van der Waals surface area contributed by atoms with Gasteiger partial charge >= 0.3 is 0 Å². The first kappa shape index (κ1) is 20.1. The molecule has 1 aliphatic rings. The Bertz CT molecular complexity index is 1110. The highest BCUT2D eigenvalue weighted by atomic mass is 16.5. The summed E-state index contributed by atoms with van der Waals surface area (Å²) in [6.45, 7) is 4.37. The summed E-state index contributed by atoms with van der Waals surface area (Å²) in [4.78, 5) is 12.7. The summed E-state index contributed by atoms with van der Waals surface area (Å²) in [5.74, 6) is 2.23. The summed E-state index contributed by atoms with van der Waals surface area (Å²) in [6, 6.07) is 11.4. The van der Waals surface area contributed by atoms with Crippen LogP contribution in [0.15, 0.2) is 46.9 Å². The van der Waals surface area contributed by atoms with Crippen LogP contribution in [-0.2, 0) is 17.6 Å². The molecular formula is C25H27NO4. The van der Waals surface area contributed by atoms with Crippen molar-refractivity contribution in [2.75, 3.05) is 19.0 Å². The Morgan fingerprint density at radius 3 is 2.77 bits per heavy atom. The number of allylic oxidation sites excluding steroid dienone is 1. The zero-order valence-corrected chi connectivity index (χ0v) is 17.7. The summed E-state index contributed by atoms with van der Waals surface area (Å²) >= 11 is 0. The molecular weight excluding hydrogens is 378 g/mol. The molecule has 1 N–H and O–H groups in total. The quantitative estimate of drug-likeness (QED) is 0.530. The van der Waals surface area contributed by atoms with Gasteiger partial charge in [0.2, 0.25) is 5.91 Å². The van der Waals surface area contributed by atoms with Crippen LogP contribution in [0.3, 0.4) is 0 Å². The Hall–Kier alpha value is -3.21. The number of para-hydroxylation sites is 2. The zero-order valence-electron chi connectivity index (χ0n) is 17.7. The lowest BCUT2D eigenvalue weighted by molar-refractivity contribution is -0.111. The second kappa shape index (κ2) is 8.66. The van der Waals surface area contributed by atoms with E-state index >= 15 is 0 Å². The first-order valence-corrected chi connectivity index (χ1v) is 10.4. The Kier molecular flexibility index (Phi) is 5.79. The van der Waals surface area contributed by atoms with Crippen molar-refractivity contribution >= 4 is 28.1 Å². The van der Waals surface area contributed by atoms with Gasteiger partial charge in [-0.2, -0.15) is 0 Å². The summed E-state index contributed by atoms with van der Waals surface area (Å²) in [7, 11) is 1.64. The lowest BCUT2D eigenvalue weighted by atomic mass is 9.94. The number of amides is 1. The van der Waals surface area contributed by atoms with E-state index in [1.807, 2.05) is 44.2 Å². The minimum absolute atomic E-state index is 0.212. The predicted octanol–water partition coefficient (Wildman–Crippen LogP) is 5.76. The molecule has 0 aliphatic heterocycles. The van der Waals surface area contributed by atoms with E-state index in [0.717, 1.165) is 40.7 Å². The Morgan fingerprint density at radius 2 is 1.97 bits per heavy atom. The second-order valence-corrected chi connectivity index (χ2v) is 7.51. The van der Waals surface area contributed by atoms with E-state index in [1.165, 1.54) is 18.4 Å². The molecule has 1 aliphatic carbocycles. The van der Waals surface area contributed by atoms with Crippen LogP contribution in [0, 0.1) is 0 Å². The number of fused-ring (bicyclic) bond motifs is 3. The molecule has 0 unspecified atom stereocenters. The lowest BCUT2D eigenvalue weighted by Gasteiger charge is -2.12. The van der Waals surface area contributed by atoms with Crippen molar-refractivity contribution in [3.8, 4) is 11.5 Å². The molecule has 1 amide bonds. The number of carbonyl (C=O) groups excluding carboxylic acids is 1. The average molecular weight is 405 g/mol. The standard InChI is InChI=1S/C25H27NO4/c1-4-29-22-12-8-6-10-20(22)26-25(27)13-16(2)18-14-19-17-9-5-7-11-21(17)30-24(19)15-23(18)28-3/h6,8,10,12-15H,4-5,7,9,11H2,1-3H3,(H,26,27)/b16-13+. The fraction of sp³-hybridized carbons (Fsp3) is 0.320. The number of methoxy groups -OCH3 is 1. The van der Waals surface area contributed by atoms with Crippen LogP contribution in [0.25, 0.3) is 16.5 Å². The Labute approximate surface area is 176 Å². The number of nitrogens with one attached hydrogen (secondary N) is 1. The van der Waals surface area contributed by atoms with Crippen LogP contribution in [0.1, 0.15) is 43.6 Å². The smallest absolute Gasteiger partial charge is 0.248 e. The monoisotopic (exact) mass is 405 g/mol. The fourth-order valence-corrected chi connectivity index (χ4v) is 4.06. The van der Waals surface area contributed by atoms with Gasteiger partial charge in [-0.05, 0) is 56.9 Å². The van der Waals surface area contributed by atoms with Gasteiger partial charge in [0.15, 0.2) is 0 Å². The predicted molar refractivity (Wildman–Crippen MR) is 119 cm³/mol. The van der Waals surface area contributed by atoms with E-state index in [0.29, 0.717) is 23.8 Å². The normalized spacial score (nSPS) is 13.8. The number of ether oxygens (including phenoxy) is 2. The topological polar surface area (TPSA) is 60.7 Å². The van der Waals surface area contributed by atoms with Gasteiger partial charge in [-0.25, -0.2) is 0 Å². The minimum atomic E-state index is -0.212. The molecule has 1 aromatic heterocycles. The molecule has 0 saturated heterocycles. The maximum atomic E-state index is 12.7. The van der Waals surface area contributed by atoms with Crippen molar-refractivity contribution in [1.82, 2.24) is 0 Å². The highest BCUT2D eigenvalue weighted by molar-refractivity contribution is 6.05. The van der Waals surface area contributed by atoms with Crippen LogP contribution in [0.2, 0.25) is 0 Å². The second-order valence-electron chi connectivity index (χ2n) is 7.51. The molecule has 0 radical (unpaired) electrons. The van der Waals surface area contributed by atoms with E-state index in [4.69, 9.17) is 13.9 Å². The van der Waals surface area contributed by atoms with Crippen LogP contribution in [0.5, 0.6) is 11.5 Å². The molecule has 5 nitrogen and oxygen atoms in total. The van der Waals surface area contributed by atoms with Crippen LogP contribution >= 0.6 is 0 Å². The van der Waals surface area contributed by atoms with Gasteiger partial charge in [-0.3, -0.25) is 4.79 Å². The molecule has 3 aromatic rings. The fourth-order valence-electron chi connectivity index (χ4n) is 4.06. The van der Waals surface area contributed by atoms with Gasteiger partial charge in [0, 0.05) is 35.1 Å². The molecule has 2 aromatic carbocycles. The van der Waals surface area contributed by atoms with Crippen molar-refractivity contribution in [2.24, 2.45) is 0 Å². The molecule has 0 bridgehead atoms. The third-order valence-corrected chi connectivity index (χ3v) is 5.49. The van der Waals surface area contributed by atoms with E-state index in [2.05, 4.69) is 11.4 Å². The van der Waals surface area contributed by atoms with E-state index in [-0.39, 0.29) is 5.91 Å². The van der Waals surface area contributed by atoms with E-state index < -0.39 is 0 Å². The van der Waals surface area contributed by atoms with Crippen molar-refractivity contribution in [2.45, 2.75) is 39.5 Å². The Balaban J connectivity index is 1.65. The van der Waals surface area contributed by atoms with Crippen LogP contribution in [-0.4, -0.2) is 19.6 Å². The number of hydrogen-bond donors (Lipinski definition) is 1. The molecule has 30 heavy (non-hydrogen) atoms. The number of rotatable bonds is 6. The first-order valence-electron chi connectivity index (χ1n) is 10.4. The number of furan rings is 1. The zero-order chi connectivity index (χ0) is 21.1. The molecule has 1 heterocycles. The summed E-state index contributed by atoms with van der Waals surface area (Å²) in [5.41, 5.74) is 4.52. The van der Waals surface area contributed by atoms with Gasteiger partial charge in [0.05, 0.1) is 19.4 Å². The van der Waals surface area contributed by atoms with Crippen molar-refractivity contribution in [3.05, 3.63) is 59.4 Å². The molecule has 0 saturated carbocycles. The first-order chi connectivity index (χ1) is 14.6. The maximum absolute atomic E-state index is 12.7. The minimum Gasteiger partial charge on any atom is -0.496 e. The molecule has 0 atom stereocenters. The Morgan fingerprint density at radius 1 is 1.17 bits per heavy atom. The number of benzene rings is 2. The average Bonchev–Trinajstić information content (AvgIpc) is 3.11. The van der Waals surface area contributed by atoms with E-state index in [1.54, 1.807) is 13.2 Å². The van der Waals surface area contributed by atoms with Crippen molar-refractivity contribution in [1.29, 1.82) is 0 Å². The third-order valence-electron chi connectivity index (χ3n) is 5.49.